The van der Waals surface area contributed by atoms with Gasteiger partial charge in [-0.3, -0.25) is 9.59 Å². The fourth-order valence-electron chi connectivity index (χ4n) is 12.3. The molecule has 0 unspecified atom stereocenters. The van der Waals surface area contributed by atoms with Crippen molar-refractivity contribution in [1.29, 1.82) is 0 Å². The predicted molar refractivity (Wildman–Crippen MR) is 213 cm³/mol. The molecule has 0 amide bonds. The van der Waals surface area contributed by atoms with Crippen LogP contribution >= 0.6 is 12.4 Å². The number of hydrogen-bond acceptors (Lipinski definition) is 8. The first-order valence-electron chi connectivity index (χ1n) is 20.5. The molecule has 290 valence electrons. The van der Waals surface area contributed by atoms with Gasteiger partial charge in [-0.05, 0) is 38.8 Å². The van der Waals surface area contributed by atoms with Gasteiger partial charge in [0.2, 0.25) is 0 Å². The molecule has 10 nitrogen and oxygen atoms in total. The van der Waals surface area contributed by atoms with Gasteiger partial charge in [0, 0.05) is 6.42 Å². The minimum absolute atomic E-state index is 0. The zero-order chi connectivity index (χ0) is 33.2. The molecule has 7 heterocycles. The molecule has 0 saturated carbocycles. The lowest BCUT2D eigenvalue weighted by Gasteiger charge is -2.51. The molecule has 15 N–H and O–H groups in total. The van der Waals surface area contributed by atoms with E-state index >= 15 is 0 Å². The van der Waals surface area contributed by atoms with E-state index in [4.69, 9.17) is 27.0 Å². The Hall–Kier alpha value is -0.815. The third kappa shape index (κ3) is 11.1. The average molecular weight is 725 g/mol. The van der Waals surface area contributed by atoms with Crippen LogP contribution in [0.5, 0.6) is 0 Å². The zero-order valence-electron chi connectivity index (χ0n) is 31.5. The number of carbonyl (C=O) groups is 2. The van der Waals surface area contributed by atoms with E-state index in [0.717, 1.165) is 61.9 Å². The van der Waals surface area contributed by atoms with Crippen LogP contribution in [0.2, 0.25) is 34.9 Å². The lowest BCUT2D eigenvalue weighted by atomic mass is 8.93. The molecule has 0 radical (unpaired) electrons. The molecule has 7 fully saturated rings. The second kappa shape index (κ2) is 22.4. The van der Waals surface area contributed by atoms with E-state index in [9.17, 15) is 9.59 Å². The van der Waals surface area contributed by atoms with E-state index in [0.29, 0.717) is 24.6 Å². The molecule has 0 aliphatic carbocycles. The number of fused-ring (bicyclic) bond motifs is 5. The Morgan fingerprint density at radius 2 is 1.10 bits per heavy atom. The smallest absolute Gasteiger partial charge is 0.389 e. The van der Waals surface area contributed by atoms with Crippen molar-refractivity contribution in [3.05, 3.63) is 0 Å². The van der Waals surface area contributed by atoms with Crippen LogP contribution in [0.1, 0.15) is 154 Å². The number of carbonyl (C=O) groups excluding carboxylic acids is 1. The molecular weight excluding hydrogens is 648 g/mol. The summed E-state index contributed by atoms with van der Waals surface area (Å²) in [4.78, 5) is 22.3. The standard InChI is InChI=1S/C16H28B2.C14H27BN2O2.C6H14N2O2.ClH.2H3N/c1-5-13-7-2-8-14(6-1)17(13)18-15-9-3-10-16(18)12-4-11-15;16-10-2-1-9-13-14(18)19-15(17-13)11-5-3-6-12(15)8-4-7-11;7-4-2-1-3-5(8)6(9)10;;;/h13-16H,1-12H2;11-13H,1-10,16-17H2;5H,1-4,7-8H2,(H,9,10);1H;2*1H3/t;11?,12?,13-,15?;5-;;;/m.00.../s1. The lowest BCUT2D eigenvalue weighted by Crippen LogP contribution is -3.03. The minimum Gasteiger partial charge on any atom is -0.634 e. The molecule has 1 spiro atoms. The van der Waals surface area contributed by atoms with Crippen LogP contribution in [0.3, 0.4) is 0 Å². The molecule has 6 bridgehead atoms. The molecule has 0 aromatic heterocycles. The number of unbranched alkanes of at least 4 members (excludes halogenated alkanes) is 2. The van der Waals surface area contributed by atoms with Crippen LogP contribution in [0, 0.1) is 0 Å². The highest BCUT2D eigenvalue weighted by molar-refractivity contribution is 7.25. The third-order valence-corrected chi connectivity index (χ3v) is 14.4. The third-order valence-electron chi connectivity index (χ3n) is 14.4. The van der Waals surface area contributed by atoms with E-state index in [1.807, 2.05) is 0 Å². The molecule has 7 aliphatic rings. The Balaban J connectivity index is 0.000000265. The molecule has 14 heteroatoms. The average Bonchev–Trinajstić information content (AvgIpc) is 3.35. The second-order valence-electron chi connectivity index (χ2n) is 17.0. The molecule has 7 saturated heterocycles. The summed E-state index contributed by atoms with van der Waals surface area (Å²) < 4.78 is 6.04. The monoisotopic (exact) mass is 725 g/mol. The van der Waals surface area contributed by atoms with Crippen LogP contribution in [-0.4, -0.2) is 61.9 Å². The Labute approximate surface area is 311 Å². The van der Waals surface area contributed by atoms with Gasteiger partial charge in [0.1, 0.15) is 25.3 Å². The number of rotatable bonds is 10. The quantitative estimate of drug-likeness (QED) is 0.0938. The van der Waals surface area contributed by atoms with Crippen molar-refractivity contribution in [3.8, 4) is 0 Å². The molecule has 50 heavy (non-hydrogen) atoms. The number of carboxylic acid groups (broad SMARTS) is 1. The minimum atomic E-state index is -0.935. The molecule has 7 rings (SSSR count). The van der Waals surface area contributed by atoms with Gasteiger partial charge >= 0.3 is 18.4 Å². The highest BCUT2D eigenvalue weighted by Crippen LogP contribution is 2.56. The Kier molecular flexibility index (Phi) is 20.3. The van der Waals surface area contributed by atoms with Crippen molar-refractivity contribution in [1.82, 2.24) is 12.3 Å². The second-order valence-corrected chi connectivity index (χ2v) is 17.0. The Morgan fingerprint density at radius 3 is 1.48 bits per heavy atom. The van der Waals surface area contributed by atoms with E-state index in [2.05, 4.69) is 5.23 Å². The van der Waals surface area contributed by atoms with Crippen LogP contribution in [0.15, 0.2) is 0 Å². The van der Waals surface area contributed by atoms with Gasteiger partial charge in [0.25, 0.3) is 0 Å². The molecular formula is C36H76B3ClN6O4. The number of hydrogen-bond donors (Lipinski definition) is 7. The van der Waals surface area contributed by atoms with Gasteiger partial charge in [-0.1, -0.05) is 157 Å². The van der Waals surface area contributed by atoms with Gasteiger partial charge in [-0.2, -0.15) is 0 Å². The summed E-state index contributed by atoms with van der Waals surface area (Å²) in [5, 5.41) is 10.7. The summed E-state index contributed by atoms with van der Waals surface area (Å²) in [7, 11) is 0. The van der Waals surface area contributed by atoms with Gasteiger partial charge in [0.05, 0.1) is 0 Å². The van der Waals surface area contributed by atoms with Gasteiger partial charge in [-0.15, -0.1) is 12.4 Å². The van der Waals surface area contributed by atoms with E-state index < -0.39 is 18.5 Å². The van der Waals surface area contributed by atoms with Crippen LogP contribution in [-0.2, 0) is 14.2 Å². The van der Waals surface area contributed by atoms with Crippen molar-refractivity contribution < 1.29 is 24.6 Å². The van der Waals surface area contributed by atoms with Crippen molar-refractivity contribution in [2.24, 2.45) is 17.2 Å². The lowest BCUT2D eigenvalue weighted by molar-refractivity contribution is -0.560. The van der Waals surface area contributed by atoms with Gasteiger partial charge < -0.3 is 44.5 Å². The summed E-state index contributed by atoms with van der Waals surface area (Å²) in [6, 6.07) is -0.653. The number of nitrogens with two attached hydrogens (primary N) is 4. The van der Waals surface area contributed by atoms with Crippen LogP contribution in [0.4, 0.5) is 0 Å². The maximum atomic E-state index is 12.2. The van der Waals surface area contributed by atoms with E-state index in [1.54, 1.807) is 77.0 Å². The Bertz CT molecular complexity index is 911. The number of halogens is 1. The predicted octanol–water partition coefficient (Wildman–Crippen LogP) is 6.70. The van der Waals surface area contributed by atoms with Crippen molar-refractivity contribution in [2.45, 2.75) is 201 Å². The maximum Gasteiger partial charge on any atom is 0.389 e. The van der Waals surface area contributed by atoms with Crippen LogP contribution < -0.4 is 34.7 Å². The fourth-order valence-corrected chi connectivity index (χ4v) is 12.3. The molecule has 2 atom stereocenters. The number of quaternary nitrogens is 1. The highest BCUT2D eigenvalue weighted by Gasteiger charge is 2.59. The highest BCUT2D eigenvalue weighted by atomic mass is 35.5. The Morgan fingerprint density at radius 1 is 0.720 bits per heavy atom. The first-order valence-corrected chi connectivity index (χ1v) is 20.5. The SMILES string of the molecule is C1CC2CCCC(C1)B2B1C2CCCC1CCC2.Cl.N.N.NCCCC[C@@H]1[NH2+][B-]2(OC1=O)C1CCCC2CCC1.NCCCC[C@H](N)C(=O)O. The summed E-state index contributed by atoms with van der Waals surface area (Å²) >= 11 is 0. The summed E-state index contributed by atoms with van der Waals surface area (Å²) in [6.07, 6.45) is 31.9. The molecule has 7 aliphatic heterocycles. The van der Waals surface area contributed by atoms with E-state index in [-0.39, 0.29) is 36.7 Å². The number of aliphatic carboxylic acids is 1. The topological polar surface area (TPSA) is 228 Å². The van der Waals surface area contributed by atoms with Gasteiger partial charge in [-0.25, -0.2) is 0 Å². The van der Waals surface area contributed by atoms with Crippen molar-refractivity contribution >= 4 is 44.0 Å². The zero-order valence-corrected chi connectivity index (χ0v) is 32.4. The fraction of sp³-hybridized carbons (Fsp3) is 0.944. The van der Waals surface area contributed by atoms with Crippen molar-refractivity contribution in [3.63, 3.8) is 0 Å². The van der Waals surface area contributed by atoms with Gasteiger partial charge in [0.15, 0.2) is 0 Å². The normalized spacial score (nSPS) is 34.2. The largest absolute Gasteiger partial charge is 0.634 e. The number of carboxylic acids is 1. The van der Waals surface area contributed by atoms with Crippen molar-refractivity contribution in [2.75, 3.05) is 13.1 Å². The van der Waals surface area contributed by atoms with Crippen LogP contribution in [0.25, 0.3) is 0 Å². The summed E-state index contributed by atoms with van der Waals surface area (Å²) in [5.41, 5.74) is 16.0. The molecule has 0 aromatic rings. The summed E-state index contributed by atoms with van der Waals surface area (Å²) in [5.74, 6) is 5.08. The maximum absolute atomic E-state index is 12.2. The first kappa shape index (κ1) is 45.3. The summed E-state index contributed by atoms with van der Waals surface area (Å²) in [6.45, 7) is 2.76. The first-order chi connectivity index (χ1) is 22.9. The van der Waals surface area contributed by atoms with E-state index in [1.165, 1.54) is 51.7 Å². The molecule has 0 aromatic carbocycles.